The Bertz CT molecular complexity index is 695. The summed E-state index contributed by atoms with van der Waals surface area (Å²) < 4.78 is 48.0. The molecule has 0 aromatic heterocycles. The Kier molecular flexibility index (Phi) is 9.26. The number of carbonyl (C=O) groups excluding carboxylic acids is 2. The smallest absolute Gasteiger partial charge is 0.311 e. The number of ether oxygens (including phenoxy) is 9. The molecule has 0 aliphatic carbocycles. The molecule has 0 spiro atoms. The van der Waals surface area contributed by atoms with Crippen LogP contribution in [-0.2, 0) is 52.2 Å². The minimum absolute atomic E-state index is 0.0107. The van der Waals surface area contributed by atoms with Gasteiger partial charge in [0.2, 0.25) is 0 Å². The molecule has 0 saturated carbocycles. The Morgan fingerprint density at radius 1 is 0.882 bits per heavy atom. The van der Waals surface area contributed by atoms with Crippen molar-refractivity contribution in [3.8, 4) is 0 Å². The van der Waals surface area contributed by atoms with Crippen LogP contribution in [0.15, 0.2) is 0 Å². The van der Waals surface area contributed by atoms with Crippen LogP contribution in [0, 0.1) is 0 Å². The highest BCUT2D eigenvalue weighted by molar-refractivity contribution is 5.70. The van der Waals surface area contributed by atoms with Crippen LogP contribution in [-0.4, -0.2) is 112 Å². The van der Waals surface area contributed by atoms with Crippen molar-refractivity contribution in [3.63, 3.8) is 0 Å². The third-order valence-electron chi connectivity index (χ3n) is 6.08. The molecule has 12 heteroatoms. The van der Waals surface area contributed by atoms with Crippen LogP contribution in [0.25, 0.3) is 0 Å². The van der Waals surface area contributed by atoms with E-state index < -0.39 is 23.8 Å². The topological polar surface area (TPSA) is 137 Å². The minimum atomic E-state index is -1.04. The van der Waals surface area contributed by atoms with Crippen LogP contribution in [0.4, 0.5) is 0 Å². The summed E-state index contributed by atoms with van der Waals surface area (Å²) in [6.45, 7) is 6.92. The summed E-state index contributed by atoms with van der Waals surface area (Å²) >= 11 is 0. The summed E-state index contributed by atoms with van der Waals surface area (Å²) in [7, 11) is 2.96. The lowest BCUT2D eigenvalue weighted by molar-refractivity contribution is -0.310. The van der Waals surface area contributed by atoms with Crippen LogP contribution < -0.4 is 0 Å². The summed E-state index contributed by atoms with van der Waals surface area (Å²) in [5.74, 6) is -2.73. The third kappa shape index (κ3) is 6.64. The van der Waals surface area contributed by atoms with Gasteiger partial charge in [0.05, 0.1) is 53.0 Å². The maximum absolute atomic E-state index is 11.4. The van der Waals surface area contributed by atoms with Gasteiger partial charge < -0.3 is 47.7 Å². The monoisotopic (exact) mass is 492 g/mol. The van der Waals surface area contributed by atoms with Gasteiger partial charge in [0.15, 0.2) is 11.6 Å². The van der Waals surface area contributed by atoms with Gasteiger partial charge in [0.25, 0.3) is 0 Å². The van der Waals surface area contributed by atoms with Crippen LogP contribution in [0.2, 0.25) is 0 Å². The number of aliphatic hydroxyl groups is 1. The fourth-order valence-corrected chi connectivity index (χ4v) is 4.26. The predicted molar refractivity (Wildman–Crippen MR) is 113 cm³/mol. The van der Waals surface area contributed by atoms with E-state index in [9.17, 15) is 14.7 Å². The molecule has 4 aliphatic heterocycles. The first kappa shape index (κ1) is 27.2. The van der Waals surface area contributed by atoms with Gasteiger partial charge in [-0.25, -0.2) is 0 Å². The van der Waals surface area contributed by atoms with Crippen molar-refractivity contribution >= 4 is 11.9 Å². The van der Waals surface area contributed by atoms with Crippen LogP contribution in [0.1, 0.15) is 33.6 Å². The van der Waals surface area contributed by atoms with E-state index in [0.717, 1.165) is 0 Å². The van der Waals surface area contributed by atoms with Gasteiger partial charge >= 0.3 is 11.9 Å². The number of carbonyl (C=O) groups is 2. The summed E-state index contributed by atoms with van der Waals surface area (Å²) in [5.41, 5.74) is 0. The van der Waals surface area contributed by atoms with E-state index >= 15 is 0 Å². The molecule has 0 aromatic carbocycles. The third-order valence-corrected chi connectivity index (χ3v) is 6.08. The molecule has 0 radical (unpaired) electrons. The number of esters is 2. The molecule has 12 nitrogen and oxygen atoms in total. The lowest BCUT2D eigenvalue weighted by atomic mass is 10.1. The van der Waals surface area contributed by atoms with Crippen molar-refractivity contribution < 1.29 is 57.3 Å². The highest BCUT2D eigenvalue weighted by Gasteiger charge is 2.49. The van der Waals surface area contributed by atoms with Gasteiger partial charge in [0, 0.05) is 7.11 Å². The van der Waals surface area contributed by atoms with Gasteiger partial charge in [-0.05, 0) is 20.8 Å². The second-order valence-electron chi connectivity index (χ2n) is 8.87. The molecule has 0 amide bonds. The number of aliphatic hydroxyl groups excluding tert-OH is 1. The van der Waals surface area contributed by atoms with E-state index in [1.807, 2.05) is 0 Å². The fraction of sp³-hybridized carbons (Fsp3) is 0.909. The predicted octanol–water partition coefficient (Wildman–Crippen LogP) is -0.0742. The van der Waals surface area contributed by atoms with Crippen LogP contribution in [0.5, 0.6) is 0 Å². The molecule has 34 heavy (non-hydrogen) atoms. The van der Waals surface area contributed by atoms with Gasteiger partial charge in [-0.1, -0.05) is 0 Å². The number of fused-ring (bicyclic) bond motifs is 2. The van der Waals surface area contributed by atoms with Crippen LogP contribution in [0.3, 0.4) is 0 Å². The molecule has 8 atom stereocenters. The molecule has 4 heterocycles. The average molecular weight is 493 g/mol. The first-order chi connectivity index (χ1) is 16.1. The highest BCUT2D eigenvalue weighted by Crippen LogP contribution is 2.34. The van der Waals surface area contributed by atoms with Crippen molar-refractivity contribution in [1.29, 1.82) is 0 Å². The van der Waals surface area contributed by atoms with Crippen molar-refractivity contribution in [2.45, 2.75) is 81.8 Å². The molecule has 0 bridgehead atoms. The van der Waals surface area contributed by atoms with Gasteiger partial charge in [0.1, 0.15) is 36.6 Å². The lowest BCUT2D eigenvalue weighted by Crippen LogP contribution is -2.52. The summed E-state index contributed by atoms with van der Waals surface area (Å²) in [6, 6.07) is 0. The van der Waals surface area contributed by atoms with E-state index in [1.165, 1.54) is 7.11 Å². The molecule has 196 valence electrons. The quantitative estimate of drug-likeness (QED) is 0.497. The van der Waals surface area contributed by atoms with Crippen molar-refractivity contribution in [2.75, 3.05) is 47.3 Å². The summed E-state index contributed by atoms with van der Waals surface area (Å²) in [6.07, 6.45) is -1.69. The molecule has 4 aliphatic rings. The standard InChI is InChI=1S/2C11H18O6/c1-11(4-9(12)14-3)16-6-8-10(17-11)7(13-2)5-15-8;1-3-14-9(13)4-11(2)16-6-8-10(17-11)7(12)5-15-8/h7-8,10H,4-6H2,1-3H3;7-8,10,12H,3-6H2,1-2H3. The average Bonchev–Trinajstić information content (AvgIpc) is 3.36. The molecule has 0 aromatic rings. The highest BCUT2D eigenvalue weighted by atomic mass is 16.8. The van der Waals surface area contributed by atoms with Crippen molar-refractivity contribution in [3.05, 3.63) is 0 Å². The van der Waals surface area contributed by atoms with E-state index in [2.05, 4.69) is 4.74 Å². The second-order valence-corrected chi connectivity index (χ2v) is 8.87. The molecular formula is C22H36O12. The molecule has 8 unspecified atom stereocenters. The normalized spacial score (nSPS) is 41.0. The second kappa shape index (κ2) is 11.6. The first-order valence-electron chi connectivity index (χ1n) is 11.4. The van der Waals surface area contributed by atoms with Gasteiger partial charge in [-0.15, -0.1) is 0 Å². The maximum Gasteiger partial charge on any atom is 0.311 e. The zero-order valence-electron chi connectivity index (χ0n) is 20.4. The molecule has 4 fully saturated rings. The van der Waals surface area contributed by atoms with Gasteiger partial charge in [-0.2, -0.15) is 0 Å². The van der Waals surface area contributed by atoms with E-state index in [1.54, 1.807) is 27.9 Å². The Morgan fingerprint density at radius 2 is 1.44 bits per heavy atom. The minimum Gasteiger partial charge on any atom is -0.469 e. The van der Waals surface area contributed by atoms with Crippen LogP contribution >= 0.6 is 0 Å². The molecule has 1 N–H and O–H groups in total. The SMILES string of the molecule is CCOC(=O)CC1(C)OCC2OCC(O)C2O1.COC(=O)CC1(C)OCC2OCC(OC)C2O1. The Hall–Kier alpha value is -1.38. The number of hydrogen-bond acceptors (Lipinski definition) is 12. The van der Waals surface area contributed by atoms with Crippen molar-refractivity contribution in [2.24, 2.45) is 0 Å². The van der Waals surface area contributed by atoms with E-state index in [0.29, 0.717) is 26.4 Å². The van der Waals surface area contributed by atoms with E-state index in [-0.39, 0.29) is 55.8 Å². The summed E-state index contributed by atoms with van der Waals surface area (Å²) in [5, 5.41) is 9.67. The number of hydrogen-bond donors (Lipinski definition) is 1. The Morgan fingerprint density at radius 3 is 2.03 bits per heavy atom. The number of methoxy groups -OCH3 is 2. The zero-order valence-corrected chi connectivity index (χ0v) is 20.4. The fourth-order valence-electron chi connectivity index (χ4n) is 4.26. The Balaban J connectivity index is 0.000000191. The lowest BCUT2D eigenvalue weighted by Gasteiger charge is -2.40. The Labute approximate surface area is 199 Å². The molecule has 4 rings (SSSR count). The van der Waals surface area contributed by atoms with Gasteiger partial charge in [-0.3, -0.25) is 9.59 Å². The molecule has 4 saturated heterocycles. The molecular weight excluding hydrogens is 456 g/mol. The first-order valence-corrected chi connectivity index (χ1v) is 11.4. The van der Waals surface area contributed by atoms with E-state index in [4.69, 9.17) is 37.9 Å². The number of rotatable bonds is 6. The largest absolute Gasteiger partial charge is 0.469 e. The zero-order chi connectivity index (χ0) is 24.9. The summed E-state index contributed by atoms with van der Waals surface area (Å²) in [4.78, 5) is 22.7. The maximum atomic E-state index is 11.4. The van der Waals surface area contributed by atoms with Crippen molar-refractivity contribution in [1.82, 2.24) is 0 Å².